The number of hydrogen-bond donors (Lipinski definition) is 1. The molecule has 2 unspecified atom stereocenters. The van der Waals surface area contributed by atoms with E-state index >= 15 is 0 Å². The van der Waals surface area contributed by atoms with Gasteiger partial charge in [0.25, 0.3) is 0 Å². The van der Waals surface area contributed by atoms with Gasteiger partial charge in [0.05, 0.1) is 34.4 Å². The number of unbranched alkanes of at least 4 members (excludes halogenated alkanes) is 22. The van der Waals surface area contributed by atoms with Gasteiger partial charge in [-0.15, -0.1) is 0 Å². The summed E-state index contributed by atoms with van der Waals surface area (Å²) < 4.78 is 35.2. The van der Waals surface area contributed by atoms with Crippen LogP contribution in [0.15, 0.2) is 85.1 Å². The van der Waals surface area contributed by atoms with E-state index in [2.05, 4.69) is 98.9 Å². The first kappa shape index (κ1) is 64.7. The standard InChI is InChI=1S/C58H104NO7P/c1-6-8-10-12-14-16-18-20-22-24-26-28-30-31-33-35-37-39-41-43-45-47-49-51-58(60)66-57(56-65-67(61,62)64-54-52-59(3,4)5)55-63-53-50-48-46-44-42-40-38-36-34-32-29-27-25-23-21-19-17-15-13-11-9-7-2/h9,11,15,17-18,20-21,23-24,26-27,29-31,57H,6-8,10,12-14,16,19,22,25,28,32-56H2,1-5H3/p+1/b11-9-,17-15-,20-18-,23-21-,26-24-,29-27-,31-30-. The molecule has 0 aromatic heterocycles. The number of nitrogens with zero attached hydrogens (tertiary/aromatic N) is 1. The number of likely N-dealkylation sites (N-methyl/N-ethyl adjacent to an activating group) is 1. The topological polar surface area (TPSA) is 91.3 Å². The Morgan fingerprint density at radius 3 is 1.30 bits per heavy atom. The van der Waals surface area contributed by atoms with Gasteiger partial charge >= 0.3 is 13.8 Å². The minimum Gasteiger partial charge on any atom is -0.457 e. The molecule has 2 atom stereocenters. The van der Waals surface area contributed by atoms with Crippen LogP contribution in [0.2, 0.25) is 0 Å². The highest BCUT2D eigenvalue weighted by Crippen LogP contribution is 2.43. The van der Waals surface area contributed by atoms with Crippen LogP contribution in [0, 0.1) is 0 Å². The van der Waals surface area contributed by atoms with Gasteiger partial charge in [0.1, 0.15) is 19.3 Å². The summed E-state index contributed by atoms with van der Waals surface area (Å²) in [5, 5.41) is 0. The van der Waals surface area contributed by atoms with Crippen molar-refractivity contribution in [2.75, 3.05) is 54.1 Å². The Morgan fingerprint density at radius 2 is 0.866 bits per heavy atom. The molecule has 0 aliphatic heterocycles. The second-order valence-electron chi connectivity index (χ2n) is 19.2. The number of phosphoric acid groups is 1. The minimum absolute atomic E-state index is 0.0816. The van der Waals surface area contributed by atoms with Crippen molar-refractivity contribution >= 4 is 13.8 Å². The largest absolute Gasteiger partial charge is 0.472 e. The molecule has 0 saturated heterocycles. The second kappa shape index (κ2) is 50.1. The van der Waals surface area contributed by atoms with Crippen LogP contribution in [0.3, 0.4) is 0 Å². The molecule has 0 aliphatic carbocycles. The highest BCUT2D eigenvalue weighted by atomic mass is 31.2. The maximum atomic E-state index is 12.8. The van der Waals surface area contributed by atoms with E-state index in [1.165, 1.54) is 122 Å². The van der Waals surface area contributed by atoms with Gasteiger partial charge in [-0.3, -0.25) is 13.8 Å². The average molecular weight is 959 g/mol. The van der Waals surface area contributed by atoms with E-state index in [0.29, 0.717) is 24.1 Å². The molecule has 0 fully saturated rings. The van der Waals surface area contributed by atoms with Crippen LogP contribution in [0.4, 0.5) is 0 Å². The van der Waals surface area contributed by atoms with E-state index in [1.807, 2.05) is 21.1 Å². The Hall–Kier alpha value is -2.32. The van der Waals surface area contributed by atoms with Crippen molar-refractivity contribution in [3.63, 3.8) is 0 Å². The number of esters is 1. The molecule has 0 aliphatic rings. The van der Waals surface area contributed by atoms with Crippen molar-refractivity contribution < 1.29 is 37.3 Å². The van der Waals surface area contributed by atoms with Gasteiger partial charge < -0.3 is 18.9 Å². The molecular weight excluding hydrogens is 854 g/mol. The predicted octanol–water partition coefficient (Wildman–Crippen LogP) is 17.2. The zero-order chi connectivity index (χ0) is 49.0. The van der Waals surface area contributed by atoms with Crippen molar-refractivity contribution in [2.45, 2.75) is 225 Å². The van der Waals surface area contributed by atoms with Gasteiger partial charge in [-0.2, -0.15) is 0 Å². The quantitative estimate of drug-likeness (QED) is 0.0213. The van der Waals surface area contributed by atoms with Crippen molar-refractivity contribution in [1.82, 2.24) is 0 Å². The van der Waals surface area contributed by atoms with E-state index in [1.54, 1.807) is 0 Å². The second-order valence-corrected chi connectivity index (χ2v) is 20.7. The Labute approximate surface area is 414 Å². The molecule has 0 heterocycles. The first-order valence-corrected chi connectivity index (χ1v) is 28.8. The molecule has 0 radical (unpaired) electrons. The maximum Gasteiger partial charge on any atom is 0.472 e. The fraction of sp³-hybridized carbons (Fsp3) is 0.741. The van der Waals surface area contributed by atoms with Gasteiger partial charge in [0.2, 0.25) is 0 Å². The summed E-state index contributed by atoms with van der Waals surface area (Å²) >= 11 is 0. The lowest BCUT2D eigenvalue weighted by atomic mass is 10.1. The van der Waals surface area contributed by atoms with Crippen molar-refractivity contribution in [3.05, 3.63) is 85.1 Å². The van der Waals surface area contributed by atoms with Crippen LogP contribution in [-0.4, -0.2) is 75.6 Å². The molecular formula is C58H105NO7P+. The molecule has 388 valence electrons. The fourth-order valence-electron chi connectivity index (χ4n) is 7.26. The van der Waals surface area contributed by atoms with Crippen molar-refractivity contribution in [3.8, 4) is 0 Å². The summed E-state index contributed by atoms with van der Waals surface area (Å²) in [4.78, 5) is 23.1. The number of hydrogen-bond acceptors (Lipinski definition) is 6. The molecule has 1 N–H and O–H groups in total. The van der Waals surface area contributed by atoms with E-state index in [9.17, 15) is 14.3 Å². The highest BCUT2D eigenvalue weighted by Gasteiger charge is 2.26. The molecule has 0 aromatic carbocycles. The maximum absolute atomic E-state index is 12.8. The molecule has 0 spiro atoms. The number of carbonyl (C=O) groups is 1. The lowest BCUT2D eigenvalue weighted by molar-refractivity contribution is -0.870. The van der Waals surface area contributed by atoms with Gasteiger partial charge in [0.15, 0.2) is 0 Å². The molecule has 0 amide bonds. The minimum atomic E-state index is -4.29. The Bertz CT molecular complexity index is 1340. The Kier molecular flexibility index (Phi) is 48.3. The van der Waals surface area contributed by atoms with Crippen LogP contribution in [0.5, 0.6) is 0 Å². The monoisotopic (exact) mass is 959 g/mol. The zero-order valence-electron chi connectivity index (χ0n) is 44.1. The van der Waals surface area contributed by atoms with E-state index in [4.69, 9.17) is 18.5 Å². The van der Waals surface area contributed by atoms with Crippen LogP contribution in [0.1, 0.15) is 219 Å². The molecule has 9 heteroatoms. The molecule has 0 rings (SSSR count). The third-order valence-corrected chi connectivity index (χ3v) is 12.4. The first-order chi connectivity index (χ1) is 32.6. The molecule has 0 aromatic rings. The SMILES string of the molecule is CC/C=C\C/C=C\C/C=C\C/C=C\CCCCCCCCCCCOCC(COP(=O)(O)OCC[N+](C)(C)C)OC(=O)CCCCCCCCCC/C=C\C/C=C\C/C=C\CCCCCCC. The number of rotatable bonds is 50. The molecule has 8 nitrogen and oxygen atoms in total. The number of quaternary nitrogens is 1. The third-order valence-electron chi connectivity index (χ3n) is 11.4. The molecule has 0 bridgehead atoms. The fourth-order valence-corrected chi connectivity index (χ4v) is 8.00. The first-order valence-electron chi connectivity index (χ1n) is 27.3. The van der Waals surface area contributed by atoms with Gasteiger partial charge in [-0.05, 0) is 89.9 Å². The van der Waals surface area contributed by atoms with Crippen LogP contribution in [0.25, 0.3) is 0 Å². The smallest absolute Gasteiger partial charge is 0.457 e. The Morgan fingerprint density at radius 1 is 0.478 bits per heavy atom. The summed E-state index contributed by atoms with van der Waals surface area (Å²) in [6.07, 6.45) is 67.7. The normalized spacial score (nSPS) is 14.2. The van der Waals surface area contributed by atoms with E-state index < -0.39 is 13.9 Å². The Balaban J connectivity index is 4.16. The third kappa shape index (κ3) is 54.5. The van der Waals surface area contributed by atoms with Gasteiger partial charge in [-0.1, -0.05) is 208 Å². The zero-order valence-corrected chi connectivity index (χ0v) is 45.0. The summed E-state index contributed by atoms with van der Waals surface area (Å²) in [6, 6.07) is 0. The molecule has 0 saturated carbocycles. The summed E-state index contributed by atoms with van der Waals surface area (Å²) in [6.45, 7) is 5.48. The van der Waals surface area contributed by atoms with Gasteiger partial charge in [-0.25, -0.2) is 4.57 Å². The number of phosphoric ester groups is 1. The van der Waals surface area contributed by atoms with Crippen LogP contribution in [-0.2, 0) is 27.9 Å². The lowest BCUT2D eigenvalue weighted by Crippen LogP contribution is -2.37. The average Bonchev–Trinajstić information content (AvgIpc) is 3.29. The summed E-state index contributed by atoms with van der Waals surface area (Å²) in [7, 11) is 1.65. The van der Waals surface area contributed by atoms with E-state index in [0.717, 1.165) is 77.0 Å². The predicted molar refractivity (Wildman–Crippen MR) is 288 cm³/mol. The molecule has 67 heavy (non-hydrogen) atoms. The van der Waals surface area contributed by atoms with Crippen molar-refractivity contribution in [1.29, 1.82) is 0 Å². The summed E-state index contributed by atoms with van der Waals surface area (Å²) in [5.74, 6) is -0.324. The highest BCUT2D eigenvalue weighted by molar-refractivity contribution is 7.47. The van der Waals surface area contributed by atoms with Crippen molar-refractivity contribution in [2.24, 2.45) is 0 Å². The number of ether oxygens (including phenoxy) is 2. The summed E-state index contributed by atoms with van der Waals surface area (Å²) in [5.41, 5.74) is 0. The number of allylic oxidation sites excluding steroid dienone is 14. The van der Waals surface area contributed by atoms with Crippen LogP contribution >= 0.6 is 7.82 Å². The van der Waals surface area contributed by atoms with Crippen LogP contribution < -0.4 is 0 Å². The van der Waals surface area contributed by atoms with E-state index in [-0.39, 0.29) is 25.8 Å². The van der Waals surface area contributed by atoms with Gasteiger partial charge in [0, 0.05) is 13.0 Å². The number of carbonyl (C=O) groups excluding carboxylic acids is 1. The lowest BCUT2D eigenvalue weighted by Gasteiger charge is -2.24.